The summed E-state index contributed by atoms with van der Waals surface area (Å²) in [5.74, 6) is -0.667. The summed E-state index contributed by atoms with van der Waals surface area (Å²) in [5, 5.41) is 14.4. The molecular weight excluding hydrogens is 364 g/mol. The Morgan fingerprint density at radius 3 is 2.57 bits per heavy atom. The van der Waals surface area contributed by atoms with Gasteiger partial charge in [-0.1, -0.05) is 17.3 Å². The van der Waals surface area contributed by atoms with Gasteiger partial charge in [0.15, 0.2) is 17.3 Å². The minimum absolute atomic E-state index is 0.0195. The number of amides is 1. The molecular formula is C20H16N2O6. The third-order valence-electron chi connectivity index (χ3n) is 4.49. The summed E-state index contributed by atoms with van der Waals surface area (Å²) in [6.45, 7) is 1.68. The Balaban J connectivity index is 1.86. The number of aromatic nitrogens is 1. The predicted molar refractivity (Wildman–Crippen MR) is 97.2 cm³/mol. The van der Waals surface area contributed by atoms with E-state index in [1.165, 1.54) is 24.3 Å². The van der Waals surface area contributed by atoms with E-state index in [0.717, 1.165) is 0 Å². The number of carbonyl (C=O) groups excluding carboxylic acids is 2. The van der Waals surface area contributed by atoms with Crippen molar-refractivity contribution in [2.24, 2.45) is 0 Å². The van der Waals surface area contributed by atoms with Crippen LogP contribution in [0.4, 0.5) is 5.82 Å². The summed E-state index contributed by atoms with van der Waals surface area (Å²) in [6.07, 6.45) is 1.35. The average Bonchev–Trinajstić information content (AvgIpc) is 3.43. The summed E-state index contributed by atoms with van der Waals surface area (Å²) in [4.78, 5) is 27.1. The highest BCUT2D eigenvalue weighted by atomic mass is 16.5. The van der Waals surface area contributed by atoms with Crippen LogP contribution in [0.3, 0.4) is 0 Å². The number of rotatable bonds is 5. The number of benzene rings is 1. The summed E-state index contributed by atoms with van der Waals surface area (Å²) in [5.41, 5.74) is 0.500. The SMILES string of the molecule is COc1ccc(C2C(C(=O)c3ccco3)=C(O)C(=O)N2c2cc(C)on2)cc1. The molecule has 1 N–H and O–H groups in total. The largest absolute Gasteiger partial charge is 0.503 e. The van der Waals surface area contributed by atoms with E-state index in [-0.39, 0.29) is 17.2 Å². The Morgan fingerprint density at radius 1 is 1.25 bits per heavy atom. The van der Waals surface area contributed by atoms with Crippen molar-refractivity contribution in [3.63, 3.8) is 0 Å². The first-order chi connectivity index (χ1) is 13.5. The Kier molecular flexibility index (Phi) is 4.23. The summed E-state index contributed by atoms with van der Waals surface area (Å²) in [7, 11) is 1.54. The van der Waals surface area contributed by atoms with Crippen LogP contribution in [0.1, 0.15) is 27.9 Å². The average molecular weight is 380 g/mol. The van der Waals surface area contributed by atoms with Gasteiger partial charge in [0.2, 0.25) is 5.78 Å². The van der Waals surface area contributed by atoms with Gasteiger partial charge in [0.1, 0.15) is 11.5 Å². The van der Waals surface area contributed by atoms with Crippen LogP contribution in [0, 0.1) is 6.92 Å². The van der Waals surface area contributed by atoms with E-state index in [9.17, 15) is 14.7 Å². The van der Waals surface area contributed by atoms with Gasteiger partial charge in [-0.15, -0.1) is 0 Å². The second kappa shape index (κ2) is 6.73. The maximum absolute atomic E-state index is 13.0. The molecule has 1 atom stereocenters. The topological polar surface area (TPSA) is 106 Å². The molecule has 0 fully saturated rings. The number of aryl methyl sites for hydroxylation is 1. The molecule has 8 nitrogen and oxygen atoms in total. The van der Waals surface area contributed by atoms with Crippen LogP contribution in [-0.2, 0) is 4.79 Å². The third kappa shape index (κ3) is 2.75. The number of furan rings is 1. The van der Waals surface area contributed by atoms with Gasteiger partial charge in [-0.05, 0) is 36.8 Å². The number of nitrogens with zero attached hydrogens (tertiary/aromatic N) is 2. The maximum atomic E-state index is 13.0. The Morgan fingerprint density at radius 2 is 2.00 bits per heavy atom. The monoisotopic (exact) mass is 380 g/mol. The first kappa shape index (κ1) is 17.6. The molecule has 3 aromatic rings. The molecule has 0 saturated heterocycles. The molecule has 0 saturated carbocycles. The smallest absolute Gasteiger partial charge is 0.295 e. The Bertz CT molecular complexity index is 1060. The summed E-state index contributed by atoms with van der Waals surface area (Å²) in [6, 6.07) is 10.5. The lowest BCUT2D eigenvalue weighted by Crippen LogP contribution is -2.31. The molecule has 0 bridgehead atoms. The van der Waals surface area contributed by atoms with E-state index in [4.69, 9.17) is 13.7 Å². The highest BCUT2D eigenvalue weighted by Gasteiger charge is 2.46. The molecule has 4 rings (SSSR count). The van der Waals surface area contributed by atoms with Crippen LogP contribution >= 0.6 is 0 Å². The predicted octanol–water partition coefficient (Wildman–Crippen LogP) is 3.37. The number of aliphatic hydroxyl groups is 1. The second-order valence-electron chi connectivity index (χ2n) is 6.22. The molecule has 0 radical (unpaired) electrons. The summed E-state index contributed by atoms with van der Waals surface area (Å²) < 4.78 is 15.4. The maximum Gasteiger partial charge on any atom is 0.295 e. The van der Waals surface area contributed by atoms with Gasteiger partial charge in [-0.25, -0.2) is 0 Å². The van der Waals surface area contributed by atoms with Gasteiger partial charge in [0.25, 0.3) is 5.91 Å². The zero-order chi connectivity index (χ0) is 19.8. The van der Waals surface area contributed by atoms with Crippen molar-refractivity contribution >= 4 is 17.5 Å². The molecule has 1 amide bonds. The van der Waals surface area contributed by atoms with Crippen molar-refractivity contribution in [3.8, 4) is 5.75 Å². The highest BCUT2D eigenvalue weighted by Crippen LogP contribution is 2.41. The number of anilines is 1. The Hall–Kier alpha value is -3.81. The van der Waals surface area contributed by atoms with Crippen molar-refractivity contribution in [3.05, 3.63) is 77.1 Å². The quantitative estimate of drug-likeness (QED) is 0.676. The minimum Gasteiger partial charge on any atom is -0.503 e. The number of Topliss-reactive ketones (excluding diaryl/α,β-unsaturated/α-hetero) is 1. The number of methoxy groups -OCH3 is 1. The molecule has 1 aliphatic heterocycles. The van der Waals surface area contributed by atoms with Crippen molar-refractivity contribution in [1.29, 1.82) is 0 Å². The third-order valence-corrected chi connectivity index (χ3v) is 4.49. The molecule has 2 aromatic heterocycles. The van der Waals surface area contributed by atoms with E-state index in [2.05, 4.69) is 5.16 Å². The lowest BCUT2D eigenvalue weighted by molar-refractivity contribution is -0.117. The number of aliphatic hydroxyl groups excluding tert-OH is 1. The van der Waals surface area contributed by atoms with Gasteiger partial charge >= 0.3 is 0 Å². The van der Waals surface area contributed by atoms with Crippen LogP contribution in [-0.4, -0.2) is 29.1 Å². The lowest BCUT2D eigenvalue weighted by Gasteiger charge is -2.24. The molecule has 0 spiro atoms. The number of hydrogen-bond donors (Lipinski definition) is 1. The van der Waals surface area contributed by atoms with Crippen LogP contribution in [0.2, 0.25) is 0 Å². The number of ketones is 1. The van der Waals surface area contributed by atoms with Gasteiger partial charge < -0.3 is 18.8 Å². The minimum atomic E-state index is -0.902. The van der Waals surface area contributed by atoms with Gasteiger partial charge in [0, 0.05) is 6.07 Å². The zero-order valence-corrected chi connectivity index (χ0v) is 15.1. The zero-order valence-electron chi connectivity index (χ0n) is 15.1. The summed E-state index contributed by atoms with van der Waals surface area (Å²) >= 11 is 0. The van der Waals surface area contributed by atoms with Crippen LogP contribution in [0.25, 0.3) is 0 Å². The van der Waals surface area contributed by atoms with E-state index in [0.29, 0.717) is 17.1 Å². The molecule has 1 aromatic carbocycles. The van der Waals surface area contributed by atoms with Crippen molar-refractivity contribution in [1.82, 2.24) is 5.16 Å². The van der Waals surface area contributed by atoms with E-state index >= 15 is 0 Å². The first-order valence-corrected chi connectivity index (χ1v) is 8.43. The molecule has 1 aliphatic rings. The van der Waals surface area contributed by atoms with E-state index in [1.54, 1.807) is 43.3 Å². The number of hydrogen-bond acceptors (Lipinski definition) is 7. The normalized spacial score (nSPS) is 16.7. The lowest BCUT2D eigenvalue weighted by atomic mass is 9.95. The van der Waals surface area contributed by atoms with Crippen molar-refractivity contribution in [2.45, 2.75) is 13.0 Å². The highest BCUT2D eigenvalue weighted by molar-refractivity contribution is 6.19. The van der Waals surface area contributed by atoms with Gasteiger partial charge in [-0.2, -0.15) is 0 Å². The number of ether oxygens (including phenoxy) is 1. The van der Waals surface area contributed by atoms with Crippen LogP contribution < -0.4 is 9.64 Å². The van der Waals surface area contributed by atoms with Gasteiger partial charge in [-0.3, -0.25) is 14.5 Å². The molecule has 8 heteroatoms. The van der Waals surface area contributed by atoms with E-state index < -0.39 is 23.5 Å². The van der Waals surface area contributed by atoms with E-state index in [1.807, 2.05) is 0 Å². The van der Waals surface area contributed by atoms with Gasteiger partial charge in [0.05, 0.1) is 25.0 Å². The molecule has 3 heterocycles. The molecule has 142 valence electrons. The Labute approximate surface area is 159 Å². The molecule has 1 unspecified atom stereocenters. The molecule has 0 aliphatic carbocycles. The fraction of sp³-hybridized carbons (Fsp3) is 0.150. The second-order valence-corrected chi connectivity index (χ2v) is 6.22. The first-order valence-electron chi connectivity index (χ1n) is 8.43. The standard InChI is InChI=1S/C20H16N2O6/c1-11-10-15(21-28-11)22-17(12-5-7-13(26-2)8-6-12)16(19(24)20(22)25)18(23)14-4-3-9-27-14/h3-10,17,24H,1-2H3. The fourth-order valence-electron chi connectivity index (χ4n) is 3.18. The van der Waals surface area contributed by atoms with Crippen LogP contribution in [0.15, 0.2) is 69.0 Å². The number of carbonyl (C=O) groups is 2. The van der Waals surface area contributed by atoms with Crippen molar-refractivity contribution in [2.75, 3.05) is 12.0 Å². The molecule has 28 heavy (non-hydrogen) atoms. The van der Waals surface area contributed by atoms with Crippen molar-refractivity contribution < 1.29 is 28.4 Å². The fourth-order valence-corrected chi connectivity index (χ4v) is 3.18. The van der Waals surface area contributed by atoms with Crippen LogP contribution in [0.5, 0.6) is 5.75 Å².